The van der Waals surface area contributed by atoms with Crippen LogP contribution in [0.1, 0.15) is 22.3 Å². The molecule has 1 N–H and O–H groups in total. The normalized spacial score (nSPS) is 14.7. The zero-order valence-electron chi connectivity index (χ0n) is 22.5. The summed E-state index contributed by atoms with van der Waals surface area (Å²) in [5.74, 6) is -1.39. The van der Waals surface area contributed by atoms with Crippen LogP contribution in [0.15, 0.2) is 88.8 Å². The van der Waals surface area contributed by atoms with Crippen LogP contribution in [0.3, 0.4) is 0 Å². The number of amides is 1. The summed E-state index contributed by atoms with van der Waals surface area (Å²) in [4.78, 5) is 46.9. The average Bonchev–Trinajstić information content (AvgIpc) is 3.42. The average molecular weight is 582 g/mol. The number of benzene rings is 3. The van der Waals surface area contributed by atoms with E-state index in [9.17, 15) is 19.5 Å². The Morgan fingerprint density at radius 2 is 1.73 bits per heavy atom. The predicted octanol–water partition coefficient (Wildman–Crippen LogP) is 5.86. The minimum atomic E-state index is -1.03. The Balaban J connectivity index is 1.40. The van der Waals surface area contributed by atoms with Crippen LogP contribution < -0.4 is 5.56 Å². The molecule has 9 heteroatoms. The summed E-state index contributed by atoms with van der Waals surface area (Å²) in [5.41, 5.74) is 5.89. The lowest BCUT2D eigenvalue weighted by molar-refractivity contribution is -0.150. The summed E-state index contributed by atoms with van der Waals surface area (Å²) in [5, 5.41) is 10.3. The first-order valence-electron chi connectivity index (χ1n) is 13.2. The maximum atomic E-state index is 14.0. The lowest BCUT2D eigenvalue weighted by Crippen LogP contribution is -2.49. The van der Waals surface area contributed by atoms with Gasteiger partial charge >= 0.3 is 5.97 Å². The monoisotopic (exact) mass is 581 g/mol. The number of carbonyl (C=O) groups is 2. The summed E-state index contributed by atoms with van der Waals surface area (Å²) >= 11 is 2.56. The Labute approximate surface area is 245 Å². The topological polar surface area (TPSA) is 92.5 Å². The predicted molar refractivity (Wildman–Crippen MR) is 163 cm³/mol. The van der Waals surface area contributed by atoms with Crippen LogP contribution in [0.5, 0.6) is 0 Å². The number of nitrogens with zero attached hydrogens (tertiary/aromatic N) is 3. The number of aromatic nitrogens is 2. The molecule has 0 saturated heterocycles. The van der Waals surface area contributed by atoms with Crippen molar-refractivity contribution in [2.45, 2.75) is 38.0 Å². The van der Waals surface area contributed by atoms with Crippen LogP contribution in [0.2, 0.25) is 0 Å². The number of carboxylic acids is 1. The smallest absolute Gasteiger partial charge is 0.326 e. The number of fused-ring (bicyclic) bond motifs is 2. The van der Waals surface area contributed by atoms with Crippen LogP contribution in [0.4, 0.5) is 0 Å². The Bertz CT molecular complexity index is 1860. The number of aryl methyl sites for hydroxylation is 2. The summed E-state index contributed by atoms with van der Waals surface area (Å²) in [6, 6.07) is 24.3. The zero-order valence-corrected chi connectivity index (χ0v) is 24.2. The van der Waals surface area contributed by atoms with E-state index >= 15 is 0 Å². The molecule has 206 valence electrons. The molecule has 0 spiro atoms. The van der Waals surface area contributed by atoms with E-state index in [1.54, 1.807) is 4.57 Å². The molecule has 1 unspecified atom stereocenters. The Kier molecular flexibility index (Phi) is 7.23. The van der Waals surface area contributed by atoms with Crippen LogP contribution in [-0.2, 0) is 22.6 Å². The van der Waals surface area contributed by atoms with E-state index in [4.69, 9.17) is 4.98 Å². The van der Waals surface area contributed by atoms with E-state index in [1.165, 1.54) is 16.2 Å². The number of carboxylic acid groups (broad SMARTS) is 1. The van der Waals surface area contributed by atoms with E-state index in [2.05, 4.69) is 0 Å². The van der Waals surface area contributed by atoms with Crippen molar-refractivity contribution in [3.05, 3.63) is 111 Å². The molecule has 3 heterocycles. The number of rotatable bonds is 6. The van der Waals surface area contributed by atoms with E-state index in [-0.39, 0.29) is 30.2 Å². The Hall–Kier alpha value is -4.21. The maximum Gasteiger partial charge on any atom is 0.326 e. The zero-order chi connectivity index (χ0) is 28.7. The van der Waals surface area contributed by atoms with Crippen molar-refractivity contribution < 1.29 is 14.7 Å². The number of carbonyl (C=O) groups excluding carboxylic acids is 1. The SMILES string of the molecule is Cc1ccc(C)c(-n2c(SCC(=O)N3Cc4ccccc4CC3C(=O)O)nc3cc(-c4ccccc4)sc3c2=O)c1. The fraction of sp³-hybridized carbons (Fsp3) is 0.188. The standard InChI is InChI=1S/C32H27N3O4S2/c1-19-12-13-20(2)25(14-19)35-30(37)29-24(16-27(41-29)21-8-4-3-5-9-21)33-32(35)40-18-28(36)34-17-23-11-7-6-10-22(23)15-26(34)31(38)39/h3-14,16,26H,15,17-18H2,1-2H3,(H,38,39). The molecule has 6 rings (SSSR count). The van der Waals surface area contributed by atoms with Crippen molar-refractivity contribution >= 4 is 45.2 Å². The van der Waals surface area contributed by atoms with Gasteiger partial charge in [-0.2, -0.15) is 0 Å². The second-order valence-corrected chi connectivity index (χ2v) is 12.1. The molecule has 2 aromatic heterocycles. The van der Waals surface area contributed by atoms with Crippen molar-refractivity contribution in [3.63, 3.8) is 0 Å². The van der Waals surface area contributed by atoms with Crippen molar-refractivity contribution in [1.82, 2.24) is 14.5 Å². The van der Waals surface area contributed by atoms with Crippen LogP contribution >= 0.6 is 23.1 Å². The van der Waals surface area contributed by atoms with Gasteiger partial charge in [-0.1, -0.05) is 78.5 Å². The molecule has 0 radical (unpaired) electrons. The lowest BCUT2D eigenvalue weighted by atomic mass is 9.94. The summed E-state index contributed by atoms with van der Waals surface area (Å²) in [7, 11) is 0. The number of thioether (sulfide) groups is 1. The first kappa shape index (κ1) is 27.0. The number of aliphatic carboxylic acids is 1. The second kappa shape index (κ2) is 11.0. The molecule has 1 amide bonds. The van der Waals surface area contributed by atoms with Gasteiger partial charge in [0.25, 0.3) is 5.56 Å². The third-order valence-corrected chi connectivity index (χ3v) is 9.44. The minimum Gasteiger partial charge on any atom is -0.480 e. The highest BCUT2D eigenvalue weighted by atomic mass is 32.2. The van der Waals surface area contributed by atoms with Gasteiger partial charge in [0, 0.05) is 17.8 Å². The highest BCUT2D eigenvalue weighted by molar-refractivity contribution is 7.99. The van der Waals surface area contributed by atoms with Crippen LogP contribution in [0.25, 0.3) is 26.3 Å². The van der Waals surface area contributed by atoms with Crippen molar-refractivity contribution in [1.29, 1.82) is 0 Å². The van der Waals surface area contributed by atoms with Crippen LogP contribution in [0, 0.1) is 13.8 Å². The van der Waals surface area contributed by atoms with Crippen LogP contribution in [-0.4, -0.2) is 43.2 Å². The molecule has 0 bridgehead atoms. The molecular formula is C32H27N3O4S2. The molecule has 1 aliphatic rings. The molecule has 7 nitrogen and oxygen atoms in total. The van der Waals surface area contributed by atoms with Gasteiger partial charge in [-0.25, -0.2) is 9.78 Å². The maximum absolute atomic E-state index is 14.0. The van der Waals surface area contributed by atoms with Gasteiger partial charge in [0.1, 0.15) is 10.7 Å². The Morgan fingerprint density at radius 1 is 1.00 bits per heavy atom. The molecule has 0 fully saturated rings. The fourth-order valence-corrected chi connectivity index (χ4v) is 7.11. The van der Waals surface area contributed by atoms with Crippen molar-refractivity contribution in [2.24, 2.45) is 0 Å². The highest BCUT2D eigenvalue weighted by Crippen LogP contribution is 2.33. The largest absolute Gasteiger partial charge is 0.480 e. The van der Waals surface area contributed by atoms with E-state index in [0.29, 0.717) is 21.1 Å². The van der Waals surface area contributed by atoms with Gasteiger partial charge < -0.3 is 10.0 Å². The van der Waals surface area contributed by atoms with E-state index in [1.807, 2.05) is 92.7 Å². The molecule has 1 aliphatic heterocycles. The molecule has 5 aromatic rings. The summed E-state index contributed by atoms with van der Waals surface area (Å²) in [6.07, 6.45) is 0.260. The van der Waals surface area contributed by atoms with Gasteiger partial charge in [0.05, 0.1) is 17.0 Å². The van der Waals surface area contributed by atoms with E-state index < -0.39 is 12.0 Å². The number of thiophene rings is 1. The molecule has 41 heavy (non-hydrogen) atoms. The quantitative estimate of drug-likeness (QED) is 0.199. The van der Waals surface area contributed by atoms with Gasteiger partial charge in [0.2, 0.25) is 5.91 Å². The van der Waals surface area contributed by atoms with Crippen molar-refractivity contribution in [3.8, 4) is 16.1 Å². The van der Waals surface area contributed by atoms with Crippen molar-refractivity contribution in [2.75, 3.05) is 5.75 Å². The lowest BCUT2D eigenvalue weighted by Gasteiger charge is -2.34. The summed E-state index contributed by atoms with van der Waals surface area (Å²) < 4.78 is 2.13. The first-order chi connectivity index (χ1) is 19.8. The van der Waals surface area contributed by atoms with E-state index in [0.717, 1.165) is 44.5 Å². The number of hydrogen-bond acceptors (Lipinski definition) is 6. The fourth-order valence-electron chi connectivity index (χ4n) is 5.19. The van der Waals surface area contributed by atoms with Gasteiger partial charge in [-0.05, 0) is 53.8 Å². The Morgan fingerprint density at radius 3 is 2.49 bits per heavy atom. The van der Waals surface area contributed by atoms with Gasteiger partial charge in [-0.15, -0.1) is 11.3 Å². The first-order valence-corrected chi connectivity index (χ1v) is 15.0. The second-order valence-electron chi connectivity index (χ2n) is 10.2. The third kappa shape index (κ3) is 5.18. The summed E-state index contributed by atoms with van der Waals surface area (Å²) in [6.45, 7) is 4.14. The molecular weight excluding hydrogens is 555 g/mol. The van der Waals surface area contributed by atoms with Gasteiger partial charge in [0.15, 0.2) is 5.16 Å². The molecule has 0 aliphatic carbocycles. The third-order valence-electron chi connectivity index (χ3n) is 7.36. The van der Waals surface area contributed by atoms with Gasteiger partial charge in [-0.3, -0.25) is 14.2 Å². The minimum absolute atomic E-state index is 0.0512. The molecule has 3 aromatic carbocycles. The molecule has 1 atom stereocenters. The molecule has 0 saturated carbocycles. The highest BCUT2D eigenvalue weighted by Gasteiger charge is 2.34. The number of hydrogen-bond donors (Lipinski definition) is 1.